The van der Waals surface area contributed by atoms with Gasteiger partial charge in [-0.05, 0) is 54.3 Å². The molecule has 1 aromatic carbocycles. The fraction of sp³-hybridized carbons (Fsp3) is 0.100. The number of nitrogens with one attached hydrogen (secondary N) is 1. The molecule has 0 aliphatic rings. The van der Waals surface area contributed by atoms with Crippen LogP contribution in [-0.4, -0.2) is 23.1 Å². The third-order valence-corrected chi connectivity index (χ3v) is 4.50. The number of benzene rings is 1. The number of nitrogens with zero attached hydrogens (tertiary/aromatic N) is 1. The van der Waals surface area contributed by atoms with Gasteiger partial charge in [0.15, 0.2) is 0 Å². The molecule has 0 aliphatic heterocycles. The molecule has 1 amide bonds. The van der Waals surface area contributed by atoms with Crippen molar-refractivity contribution < 1.29 is 14.3 Å². The van der Waals surface area contributed by atoms with Gasteiger partial charge in [-0.15, -0.1) is 11.3 Å². The maximum atomic E-state index is 12.6. The quantitative estimate of drug-likeness (QED) is 0.521. The Balaban J connectivity index is 1.67. The number of thiophene rings is 1. The van der Waals surface area contributed by atoms with Gasteiger partial charge in [-0.1, -0.05) is 12.1 Å². The normalized spacial score (nSPS) is 10.8. The molecule has 0 unspecified atom stereocenters. The van der Waals surface area contributed by atoms with Crippen molar-refractivity contribution >= 4 is 35.0 Å². The molecule has 132 valence electrons. The van der Waals surface area contributed by atoms with E-state index in [9.17, 15) is 9.59 Å². The molecule has 0 saturated carbocycles. The Morgan fingerprint density at radius 2 is 1.88 bits per heavy atom. The number of carbonyl (C=O) groups is 2. The summed E-state index contributed by atoms with van der Waals surface area (Å²) in [5.41, 5.74) is 2.39. The van der Waals surface area contributed by atoms with Crippen molar-refractivity contribution in [1.29, 1.82) is 0 Å². The lowest BCUT2D eigenvalue weighted by atomic mass is 10.2. The second kappa shape index (κ2) is 8.31. The summed E-state index contributed by atoms with van der Waals surface area (Å²) in [7, 11) is 0. The zero-order valence-electron chi connectivity index (χ0n) is 14.2. The van der Waals surface area contributed by atoms with E-state index in [0.717, 1.165) is 11.3 Å². The van der Waals surface area contributed by atoms with Crippen LogP contribution in [-0.2, 0) is 9.53 Å². The minimum Gasteiger partial charge on any atom is -0.463 e. The van der Waals surface area contributed by atoms with Crippen LogP contribution in [0.5, 0.6) is 0 Å². The van der Waals surface area contributed by atoms with E-state index in [4.69, 9.17) is 4.74 Å². The molecule has 3 aromatic rings. The summed E-state index contributed by atoms with van der Waals surface area (Å²) in [6.07, 6.45) is 6.87. The van der Waals surface area contributed by atoms with E-state index in [0.29, 0.717) is 17.2 Å². The molecule has 0 atom stereocenters. The third kappa shape index (κ3) is 4.29. The van der Waals surface area contributed by atoms with Gasteiger partial charge in [0.05, 0.1) is 12.3 Å². The summed E-state index contributed by atoms with van der Waals surface area (Å²) in [6.45, 7) is 2.11. The summed E-state index contributed by atoms with van der Waals surface area (Å²) in [5, 5.41) is 4.80. The highest BCUT2D eigenvalue weighted by atomic mass is 32.1. The van der Waals surface area contributed by atoms with Crippen LogP contribution in [0.2, 0.25) is 0 Å². The van der Waals surface area contributed by atoms with Crippen molar-refractivity contribution in [2.24, 2.45) is 0 Å². The summed E-state index contributed by atoms with van der Waals surface area (Å²) in [6, 6.07) is 13.0. The molecule has 1 N–H and O–H groups in total. The number of carbonyl (C=O) groups excluding carboxylic acids is 2. The fourth-order valence-electron chi connectivity index (χ4n) is 2.39. The van der Waals surface area contributed by atoms with Gasteiger partial charge in [-0.2, -0.15) is 0 Å². The lowest BCUT2D eigenvalue weighted by Gasteiger charge is -2.07. The fourth-order valence-corrected chi connectivity index (χ4v) is 3.18. The smallest absolute Gasteiger partial charge is 0.330 e. The van der Waals surface area contributed by atoms with E-state index < -0.39 is 0 Å². The van der Waals surface area contributed by atoms with Crippen LogP contribution >= 0.6 is 11.3 Å². The maximum absolute atomic E-state index is 12.6. The van der Waals surface area contributed by atoms with Crippen molar-refractivity contribution in [2.45, 2.75) is 6.92 Å². The summed E-state index contributed by atoms with van der Waals surface area (Å²) in [4.78, 5) is 24.5. The van der Waals surface area contributed by atoms with Crippen LogP contribution in [0, 0.1) is 0 Å². The highest BCUT2D eigenvalue weighted by molar-refractivity contribution is 7.12. The zero-order chi connectivity index (χ0) is 18.4. The Labute approximate surface area is 155 Å². The Morgan fingerprint density at radius 1 is 1.15 bits per heavy atom. The first-order chi connectivity index (χ1) is 12.7. The first-order valence-corrected chi connectivity index (χ1v) is 9.02. The molecule has 26 heavy (non-hydrogen) atoms. The zero-order valence-corrected chi connectivity index (χ0v) is 15.0. The van der Waals surface area contributed by atoms with E-state index in [1.807, 2.05) is 52.7 Å². The number of amides is 1. The predicted octanol–water partition coefficient (Wildman–Crippen LogP) is 4.37. The molecular formula is C20H18N2O3S. The SMILES string of the molecule is CCOC(=O)/C=C\c1ccc(NC(=O)c2sccc2-n2cccc2)cc1. The van der Waals surface area contributed by atoms with Crippen LogP contribution < -0.4 is 5.32 Å². The first-order valence-electron chi connectivity index (χ1n) is 8.14. The number of ether oxygens (including phenoxy) is 1. The van der Waals surface area contributed by atoms with Crippen molar-refractivity contribution in [3.05, 3.63) is 76.8 Å². The Morgan fingerprint density at radius 3 is 2.58 bits per heavy atom. The van der Waals surface area contributed by atoms with Gasteiger partial charge < -0.3 is 14.6 Å². The largest absolute Gasteiger partial charge is 0.463 e. The van der Waals surface area contributed by atoms with Gasteiger partial charge in [0.25, 0.3) is 5.91 Å². The maximum Gasteiger partial charge on any atom is 0.330 e. The van der Waals surface area contributed by atoms with E-state index in [1.165, 1.54) is 17.4 Å². The second-order valence-electron chi connectivity index (χ2n) is 5.39. The van der Waals surface area contributed by atoms with Crippen LogP contribution in [0.25, 0.3) is 11.8 Å². The van der Waals surface area contributed by atoms with E-state index >= 15 is 0 Å². The van der Waals surface area contributed by atoms with E-state index in [1.54, 1.807) is 25.1 Å². The third-order valence-electron chi connectivity index (χ3n) is 3.60. The summed E-state index contributed by atoms with van der Waals surface area (Å²) >= 11 is 1.40. The molecule has 6 heteroatoms. The van der Waals surface area contributed by atoms with Gasteiger partial charge in [0.1, 0.15) is 4.88 Å². The summed E-state index contributed by atoms with van der Waals surface area (Å²) in [5.74, 6) is -0.529. The molecule has 3 rings (SSSR count). The van der Waals surface area contributed by atoms with Crippen molar-refractivity contribution in [1.82, 2.24) is 4.57 Å². The Bertz CT molecular complexity index is 909. The van der Waals surface area contributed by atoms with Gasteiger partial charge in [0.2, 0.25) is 0 Å². The van der Waals surface area contributed by atoms with Gasteiger partial charge in [-0.25, -0.2) is 4.79 Å². The van der Waals surface area contributed by atoms with Crippen LogP contribution in [0.4, 0.5) is 5.69 Å². The highest BCUT2D eigenvalue weighted by Crippen LogP contribution is 2.23. The Hall–Kier alpha value is -3.12. The minimum atomic E-state index is -0.375. The lowest BCUT2D eigenvalue weighted by molar-refractivity contribution is -0.137. The monoisotopic (exact) mass is 366 g/mol. The molecular weight excluding hydrogens is 348 g/mol. The molecule has 0 saturated heterocycles. The predicted molar refractivity (Wildman–Crippen MR) is 104 cm³/mol. The number of anilines is 1. The average molecular weight is 366 g/mol. The molecule has 0 radical (unpaired) electrons. The van der Waals surface area contributed by atoms with Crippen molar-refractivity contribution in [3.8, 4) is 5.69 Å². The van der Waals surface area contributed by atoms with Crippen LogP contribution in [0.3, 0.4) is 0 Å². The summed E-state index contributed by atoms with van der Waals surface area (Å²) < 4.78 is 6.75. The van der Waals surface area contributed by atoms with E-state index in [2.05, 4.69) is 5.32 Å². The molecule has 0 spiro atoms. The van der Waals surface area contributed by atoms with Crippen molar-refractivity contribution in [3.63, 3.8) is 0 Å². The Kier molecular flexibility index (Phi) is 5.66. The number of aromatic nitrogens is 1. The molecule has 0 aliphatic carbocycles. The second-order valence-corrected chi connectivity index (χ2v) is 6.30. The van der Waals surface area contributed by atoms with Crippen LogP contribution in [0.1, 0.15) is 22.2 Å². The molecule has 2 aromatic heterocycles. The molecule has 0 bridgehead atoms. The van der Waals surface area contributed by atoms with Crippen LogP contribution in [0.15, 0.2) is 66.3 Å². The van der Waals surface area contributed by atoms with E-state index in [-0.39, 0.29) is 11.9 Å². The van der Waals surface area contributed by atoms with Crippen molar-refractivity contribution in [2.75, 3.05) is 11.9 Å². The van der Waals surface area contributed by atoms with Gasteiger partial charge in [0, 0.05) is 24.2 Å². The lowest BCUT2D eigenvalue weighted by Crippen LogP contribution is -2.12. The van der Waals surface area contributed by atoms with Gasteiger partial charge >= 0.3 is 5.97 Å². The number of rotatable bonds is 6. The number of hydrogen-bond acceptors (Lipinski definition) is 4. The average Bonchev–Trinajstić information content (AvgIpc) is 3.32. The minimum absolute atomic E-state index is 0.154. The number of esters is 1. The molecule has 0 fully saturated rings. The van der Waals surface area contributed by atoms with Gasteiger partial charge in [-0.3, -0.25) is 4.79 Å². The molecule has 2 heterocycles. The standard InChI is InChI=1S/C20H18N2O3S/c1-2-25-18(23)10-7-15-5-8-16(9-6-15)21-20(24)19-17(11-14-26-19)22-12-3-4-13-22/h3-14H,2H2,1H3,(H,21,24)/b10-7-. The number of hydrogen-bond donors (Lipinski definition) is 1. The highest BCUT2D eigenvalue weighted by Gasteiger charge is 2.14. The molecule has 5 nitrogen and oxygen atoms in total. The first kappa shape index (κ1) is 17.7. The topological polar surface area (TPSA) is 60.3 Å².